The molecule has 2 rings (SSSR count). The third-order valence-electron chi connectivity index (χ3n) is 3.12. The molecule has 1 heterocycles. The molecule has 1 N–H and O–H groups in total. The molecule has 1 aliphatic rings. The van der Waals surface area contributed by atoms with Crippen LogP contribution in [0.5, 0.6) is 0 Å². The molecule has 2 unspecified atom stereocenters. The molecule has 1 fully saturated rings. The van der Waals surface area contributed by atoms with Crippen LogP contribution in [0.4, 0.5) is 8.78 Å². The van der Waals surface area contributed by atoms with E-state index in [-0.39, 0.29) is 18.5 Å². The summed E-state index contributed by atoms with van der Waals surface area (Å²) in [5.74, 6) is -3.17. The molecule has 0 aromatic heterocycles. The van der Waals surface area contributed by atoms with Crippen LogP contribution in [-0.4, -0.2) is 47.7 Å². The Morgan fingerprint density at radius 3 is 2.45 bits per heavy atom. The molecule has 20 heavy (non-hydrogen) atoms. The third kappa shape index (κ3) is 2.77. The number of hydrogen-bond acceptors (Lipinski definition) is 4. The van der Waals surface area contributed by atoms with Gasteiger partial charge in [0.25, 0.3) is 5.91 Å². The molecule has 0 spiro atoms. The topological polar surface area (TPSA) is 66.8 Å². The fourth-order valence-corrected chi connectivity index (χ4v) is 2.24. The van der Waals surface area contributed by atoms with Crippen molar-refractivity contribution in [2.45, 2.75) is 18.6 Å². The van der Waals surface area contributed by atoms with Gasteiger partial charge in [0, 0.05) is 24.6 Å². The largest absolute Gasteiger partial charge is 0.467 e. The Bertz CT molecular complexity index is 529. The first-order valence-corrected chi connectivity index (χ1v) is 5.95. The van der Waals surface area contributed by atoms with E-state index in [0.29, 0.717) is 6.07 Å². The number of benzene rings is 1. The minimum Gasteiger partial charge on any atom is -0.467 e. The average molecular weight is 285 g/mol. The number of methoxy groups -OCH3 is 1. The molecule has 7 heteroatoms. The summed E-state index contributed by atoms with van der Waals surface area (Å²) >= 11 is 0. The van der Waals surface area contributed by atoms with Gasteiger partial charge in [-0.2, -0.15) is 0 Å². The monoisotopic (exact) mass is 285 g/mol. The van der Waals surface area contributed by atoms with Crippen LogP contribution in [-0.2, 0) is 9.53 Å². The molecule has 0 bridgehead atoms. The van der Waals surface area contributed by atoms with E-state index in [4.69, 9.17) is 0 Å². The van der Waals surface area contributed by atoms with E-state index < -0.39 is 35.7 Å². The molecule has 1 aliphatic heterocycles. The van der Waals surface area contributed by atoms with Gasteiger partial charge >= 0.3 is 5.97 Å². The van der Waals surface area contributed by atoms with Gasteiger partial charge in [-0.1, -0.05) is 0 Å². The summed E-state index contributed by atoms with van der Waals surface area (Å²) in [6.07, 6.45) is -0.836. The highest BCUT2D eigenvalue weighted by Gasteiger charge is 2.40. The molecule has 1 aromatic carbocycles. The average Bonchev–Trinajstić information content (AvgIpc) is 2.78. The fourth-order valence-electron chi connectivity index (χ4n) is 2.24. The summed E-state index contributed by atoms with van der Waals surface area (Å²) in [7, 11) is 1.16. The number of hydrogen-bond donors (Lipinski definition) is 1. The highest BCUT2D eigenvalue weighted by atomic mass is 19.1. The first-order chi connectivity index (χ1) is 9.42. The van der Waals surface area contributed by atoms with Gasteiger partial charge < -0.3 is 14.7 Å². The number of ether oxygens (including phenoxy) is 1. The van der Waals surface area contributed by atoms with Crippen molar-refractivity contribution < 1.29 is 28.2 Å². The zero-order valence-electron chi connectivity index (χ0n) is 10.7. The van der Waals surface area contributed by atoms with Gasteiger partial charge in [0.2, 0.25) is 0 Å². The third-order valence-corrected chi connectivity index (χ3v) is 3.12. The Balaban J connectivity index is 2.28. The molecular formula is C13H13F2NO4. The normalized spacial score (nSPS) is 21.9. The Kier molecular flexibility index (Phi) is 3.99. The Morgan fingerprint density at radius 1 is 1.30 bits per heavy atom. The van der Waals surface area contributed by atoms with Gasteiger partial charge in [-0.15, -0.1) is 0 Å². The minimum absolute atomic E-state index is 0.0379. The second kappa shape index (κ2) is 5.54. The summed E-state index contributed by atoms with van der Waals surface area (Å²) in [5.41, 5.74) is -0.217. The quantitative estimate of drug-likeness (QED) is 0.813. The van der Waals surface area contributed by atoms with Gasteiger partial charge in [-0.3, -0.25) is 4.79 Å². The molecule has 1 aromatic rings. The van der Waals surface area contributed by atoms with Crippen molar-refractivity contribution in [1.29, 1.82) is 0 Å². The number of carbonyl (C=O) groups is 2. The van der Waals surface area contributed by atoms with Gasteiger partial charge in [-0.05, 0) is 12.1 Å². The van der Waals surface area contributed by atoms with E-state index in [1.54, 1.807) is 0 Å². The first kappa shape index (κ1) is 14.4. The number of esters is 1. The van der Waals surface area contributed by atoms with Crippen molar-refractivity contribution in [3.63, 3.8) is 0 Å². The lowest BCUT2D eigenvalue weighted by Gasteiger charge is -2.22. The van der Waals surface area contributed by atoms with Crippen LogP contribution in [0, 0.1) is 11.6 Å². The molecule has 5 nitrogen and oxygen atoms in total. The van der Waals surface area contributed by atoms with E-state index in [0.717, 1.165) is 24.1 Å². The molecule has 0 radical (unpaired) electrons. The van der Waals surface area contributed by atoms with Crippen molar-refractivity contribution in [3.05, 3.63) is 35.4 Å². The Hall–Kier alpha value is -2.02. The van der Waals surface area contributed by atoms with Crippen molar-refractivity contribution in [2.75, 3.05) is 13.7 Å². The molecule has 1 amide bonds. The van der Waals surface area contributed by atoms with Crippen LogP contribution < -0.4 is 0 Å². The molecule has 2 atom stereocenters. The first-order valence-electron chi connectivity index (χ1n) is 5.95. The number of aliphatic hydroxyl groups is 1. The standard InChI is InChI=1S/C13H13F2NO4/c1-20-13(19)11-5-10(17)6-16(11)12(18)7-2-8(14)4-9(15)3-7/h2-4,10-11,17H,5-6H2,1H3. The second-order valence-electron chi connectivity index (χ2n) is 4.54. The van der Waals surface area contributed by atoms with Gasteiger partial charge in [0.15, 0.2) is 0 Å². The molecule has 1 saturated heterocycles. The molecular weight excluding hydrogens is 272 g/mol. The lowest BCUT2D eigenvalue weighted by Crippen LogP contribution is -2.41. The number of amides is 1. The number of aliphatic hydroxyl groups excluding tert-OH is 1. The van der Waals surface area contributed by atoms with Crippen LogP contribution >= 0.6 is 0 Å². The predicted molar refractivity (Wildman–Crippen MR) is 63.8 cm³/mol. The Morgan fingerprint density at radius 2 is 1.90 bits per heavy atom. The van der Waals surface area contributed by atoms with Crippen molar-refractivity contribution in [3.8, 4) is 0 Å². The highest BCUT2D eigenvalue weighted by molar-refractivity contribution is 5.97. The van der Waals surface area contributed by atoms with Crippen molar-refractivity contribution in [1.82, 2.24) is 4.90 Å². The van der Waals surface area contributed by atoms with E-state index >= 15 is 0 Å². The summed E-state index contributed by atoms with van der Waals surface area (Å²) < 4.78 is 30.8. The number of halogens is 2. The van der Waals surface area contributed by atoms with Gasteiger partial charge in [-0.25, -0.2) is 13.6 Å². The fraction of sp³-hybridized carbons (Fsp3) is 0.385. The van der Waals surface area contributed by atoms with Crippen LogP contribution in [0.15, 0.2) is 18.2 Å². The lowest BCUT2D eigenvalue weighted by molar-refractivity contribution is -0.145. The summed E-state index contributed by atoms with van der Waals surface area (Å²) in [4.78, 5) is 24.8. The summed E-state index contributed by atoms with van der Waals surface area (Å²) in [6, 6.07) is 1.45. The zero-order chi connectivity index (χ0) is 14.9. The number of carbonyl (C=O) groups excluding carboxylic acids is 2. The van der Waals surface area contributed by atoms with Crippen LogP contribution in [0.3, 0.4) is 0 Å². The van der Waals surface area contributed by atoms with E-state index in [9.17, 15) is 23.5 Å². The van der Waals surface area contributed by atoms with Crippen molar-refractivity contribution >= 4 is 11.9 Å². The SMILES string of the molecule is COC(=O)C1CC(O)CN1C(=O)c1cc(F)cc(F)c1. The predicted octanol–water partition coefficient (Wildman–Crippen LogP) is 0.713. The maximum absolute atomic E-state index is 13.1. The van der Waals surface area contributed by atoms with E-state index in [2.05, 4.69) is 4.74 Å². The molecule has 0 aliphatic carbocycles. The van der Waals surface area contributed by atoms with Crippen molar-refractivity contribution in [2.24, 2.45) is 0 Å². The van der Waals surface area contributed by atoms with Crippen LogP contribution in [0.1, 0.15) is 16.8 Å². The second-order valence-corrected chi connectivity index (χ2v) is 4.54. The minimum atomic E-state index is -0.950. The molecule has 108 valence electrons. The Labute approximate surface area is 113 Å². The van der Waals surface area contributed by atoms with Crippen LogP contribution in [0.2, 0.25) is 0 Å². The van der Waals surface area contributed by atoms with E-state index in [1.807, 2.05) is 0 Å². The summed E-state index contributed by atoms with van der Waals surface area (Å²) in [6.45, 7) is -0.0866. The molecule has 0 saturated carbocycles. The lowest BCUT2D eigenvalue weighted by atomic mass is 10.1. The zero-order valence-corrected chi connectivity index (χ0v) is 10.7. The maximum Gasteiger partial charge on any atom is 0.328 e. The van der Waals surface area contributed by atoms with Gasteiger partial charge in [0.1, 0.15) is 17.7 Å². The smallest absolute Gasteiger partial charge is 0.328 e. The van der Waals surface area contributed by atoms with Gasteiger partial charge in [0.05, 0.1) is 13.2 Å². The van der Waals surface area contributed by atoms with Crippen LogP contribution in [0.25, 0.3) is 0 Å². The van der Waals surface area contributed by atoms with E-state index in [1.165, 1.54) is 0 Å². The summed E-state index contributed by atoms with van der Waals surface area (Å²) in [5, 5.41) is 9.57. The maximum atomic E-state index is 13.1. The highest BCUT2D eigenvalue weighted by Crippen LogP contribution is 2.22. The number of nitrogens with zero attached hydrogens (tertiary/aromatic N) is 1. The number of rotatable bonds is 2. The number of likely N-dealkylation sites (tertiary alicyclic amines) is 1. The number of β-amino-alcohol motifs (C(OH)–C–C–N with tert-alkyl or cyclic N) is 1.